The minimum atomic E-state index is -0.742. The van der Waals surface area contributed by atoms with Gasteiger partial charge >= 0.3 is 0 Å². The van der Waals surface area contributed by atoms with E-state index in [1.54, 1.807) is 48.4 Å². The number of likely N-dealkylation sites (tertiary alicyclic amines) is 1. The normalized spacial score (nSPS) is 16.7. The van der Waals surface area contributed by atoms with Crippen LogP contribution in [0.5, 0.6) is 5.75 Å². The topological polar surface area (TPSA) is 58.6 Å². The van der Waals surface area contributed by atoms with E-state index in [1.807, 2.05) is 26.0 Å². The van der Waals surface area contributed by atoms with Crippen LogP contribution < -0.4 is 10.1 Å². The molecule has 0 saturated carbocycles. The molecule has 1 aliphatic rings. The number of hydrogen-bond donors (Lipinski definition) is 1. The molecule has 2 aromatic rings. The molecule has 0 aliphatic carbocycles. The van der Waals surface area contributed by atoms with Crippen LogP contribution in [0, 0.1) is 0 Å². The molecule has 1 fully saturated rings. The molecule has 1 atom stereocenters. The molecule has 1 N–H and O–H groups in total. The number of anilines is 1. The first kappa shape index (κ1) is 20.2. The van der Waals surface area contributed by atoms with E-state index in [2.05, 4.69) is 5.32 Å². The molecule has 148 valence electrons. The quantitative estimate of drug-likeness (QED) is 0.815. The average molecular weight is 401 g/mol. The van der Waals surface area contributed by atoms with Gasteiger partial charge in [-0.15, -0.1) is 0 Å². The number of benzene rings is 2. The van der Waals surface area contributed by atoms with Crippen molar-refractivity contribution >= 4 is 29.1 Å². The molecule has 0 radical (unpaired) electrons. The van der Waals surface area contributed by atoms with Crippen molar-refractivity contribution in [3.8, 4) is 5.75 Å². The van der Waals surface area contributed by atoms with Crippen molar-refractivity contribution in [2.75, 3.05) is 19.0 Å². The number of halogens is 1. The van der Waals surface area contributed by atoms with Gasteiger partial charge in [0.2, 0.25) is 11.8 Å². The largest absolute Gasteiger partial charge is 0.497 e. The van der Waals surface area contributed by atoms with Gasteiger partial charge in [-0.25, -0.2) is 0 Å². The summed E-state index contributed by atoms with van der Waals surface area (Å²) in [6.07, 6.45) is 1.47. The van der Waals surface area contributed by atoms with Gasteiger partial charge in [-0.3, -0.25) is 9.59 Å². The smallest absolute Gasteiger partial charge is 0.247 e. The van der Waals surface area contributed by atoms with E-state index < -0.39 is 11.5 Å². The molecule has 28 heavy (non-hydrogen) atoms. The fourth-order valence-electron chi connectivity index (χ4n) is 3.53. The molecule has 0 bridgehead atoms. The number of nitrogens with one attached hydrogen (secondary N) is 1. The third-order valence-corrected chi connectivity index (χ3v) is 5.53. The van der Waals surface area contributed by atoms with Crippen molar-refractivity contribution in [2.24, 2.45) is 0 Å². The van der Waals surface area contributed by atoms with Crippen LogP contribution in [0.25, 0.3) is 0 Å². The molecule has 0 aromatic heterocycles. The van der Waals surface area contributed by atoms with Crippen LogP contribution in [-0.4, -0.2) is 36.4 Å². The summed E-state index contributed by atoms with van der Waals surface area (Å²) in [5.74, 6) is 0.505. The fraction of sp³-hybridized carbons (Fsp3) is 0.364. The lowest BCUT2D eigenvalue weighted by Crippen LogP contribution is -2.49. The Morgan fingerprint density at radius 1 is 1.11 bits per heavy atom. The second kappa shape index (κ2) is 8.23. The number of amides is 2. The molecule has 1 aliphatic heterocycles. The molecular weight excluding hydrogens is 376 g/mol. The Bertz CT molecular complexity index is 847. The molecular formula is C22H25ClN2O3. The van der Waals surface area contributed by atoms with Crippen molar-refractivity contribution in [2.45, 2.75) is 38.1 Å². The van der Waals surface area contributed by atoms with E-state index in [1.165, 1.54) is 0 Å². The second-order valence-electron chi connectivity index (χ2n) is 7.51. The SMILES string of the molecule is COc1ccc(NC(=O)[C@H]2CCCN2C(=O)C(C)(C)c2ccc(Cl)cc2)cc1. The Kier molecular flexibility index (Phi) is 5.94. The maximum Gasteiger partial charge on any atom is 0.247 e. The van der Waals surface area contributed by atoms with Crippen LogP contribution in [0.15, 0.2) is 48.5 Å². The van der Waals surface area contributed by atoms with Crippen molar-refractivity contribution in [1.29, 1.82) is 0 Å². The number of ether oxygens (including phenoxy) is 1. The summed E-state index contributed by atoms with van der Waals surface area (Å²) in [6.45, 7) is 4.35. The van der Waals surface area contributed by atoms with E-state index in [0.717, 1.165) is 17.7 Å². The maximum absolute atomic E-state index is 13.3. The average Bonchev–Trinajstić information content (AvgIpc) is 3.18. The molecule has 2 amide bonds. The van der Waals surface area contributed by atoms with Crippen LogP contribution in [0.2, 0.25) is 5.02 Å². The summed E-state index contributed by atoms with van der Waals surface area (Å²) in [7, 11) is 1.60. The van der Waals surface area contributed by atoms with Gasteiger partial charge in [0, 0.05) is 17.3 Å². The lowest BCUT2D eigenvalue weighted by Gasteiger charge is -2.33. The van der Waals surface area contributed by atoms with Gasteiger partial charge in [-0.1, -0.05) is 23.7 Å². The number of rotatable bonds is 5. The Morgan fingerprint density at radius 3 is 2.36 bits per heavy atom. The molecule has 6 heteroatoms. The number of carbonyl (C=O) groups is 2. The highest BCUT2D eigenvalue weighted by atomic mass is 35.5. The Balaban J connectivity index is 1.74. The highest BCUT2D eigenvalue weighted by Crippen LogP contribution is 2.31. The van der Waals surface area contributed by atoms with Crippen LogP contribution >= 0.6 is 11.6 Å². The fourth-order valence-corrected chi connectivity index (χ4v) is 3.66. The molecule has 0 unspecified atom stereocenters. The van der Waals surface area contributed by atoms with Gasteiger partial charge in [-0.2, -0.15) is 0 Å². The van der Waals surface area contributed by atoms with Crippen LogP contribution in [0.3, 0.4) is 0 Å². The number of hydrogen-bond acceptors (Lipinski definition) is 3. The molecule has 5 nitrogen and oxygen atoms in total. The Morgan fingerprint density at radius 2 is 1.75 bits per heavy atom. The van der Waals surface area contributed by atoms with Gasteiger partial charge in [0.05, 0.1) is 12.5 Å². The summed E-state index contributed by atoms with van der Waals surface area (Å²) >= 11 is 5.97. The standard InChI is InChI=1S/C22H25ClN2O3/c1-22(2,15-6-8-16(23)9-7-15)21(27)25-14-4-5-19(25)20(26)24-17-10-12-18(28-3)13-11-17/h6-13,19H,4-5,14H2,1-3H3,(H,24,26)/t19-/m1/s1. The zero-order chi connectivity index (χ0) is 20.3. The van der Waals surface area contributed by atoms with Crippen LogP contribution in [-0.2, 0) is 15.0 Å². The van der Waals surface area contributed by atoms with Crippen LogP contribution in [0.4, 0.5) is 5.69 Å². The molecule has 3 rings (SSSR count). The minimum absolute atomic E-state index is 0.0535. The maximum atomic E-state index is 13.3. The molecule has 0 spiro atoms. The molecule has 1 saturated heterocycles. The summed E-state index contributed by atoms with van der Waals surface area (Å²) < 4.78 is 5.14. The second-order valence-corrected chi connectivity index (χ2v) is 7.94. The highest BCUT2D eigenvalue weighted by Gasteiger charge is 2.41. The van der Waals surface area contributed by atoms with Crippen molar-refractivity contribution in [1.82, 2.24) is 4.90 Å². The van der Waals surface area contributed by atoms with Gasteiger partial charge in [0.1, 0.15) is 11.8 Å². The Labute approximate surface area is 170 Å². The van der Waals surface area contributed by atoms with Gasteiger partial charge in [-0.05, 0) is 68.7 Å². The molecule has 2 aromatic carbocycles. The highest BCUT2D eigenvalue weighted by molar-refractivity contribution is 6.30. The summed E-state index contributed by atoms with van der Waals surface area (Å²) in [5.41, 5.74) is 0.818. The zero-order valence-corrected chi connectivity index (χ0v) is 17.1. The third kappa shape index (κ3) is 4.14. The first-order valence-electron chi connectivity index (χ1n) is 9.35. The number of carbonyl (C=O) groups excluding carboxylic acids is 2. The van der Waals surface area contributed by atoms with E-state index in [-0.39, 0.29) is 11.8 Å². The predicted octanol–water partition coefficient (Wildman–Crippen LogP) is 4.26. The van der Waals surface area contributed by atoms with E-state index in [0.29, 0.717) is 23.7 Å². The summed E-state index contributed by atoms with van der Waals surface area (Å²) in [4.78, 5) is 27.8. The Hall–Kier alpha value is -2.53. The first-order chi connectivity index (χ1) is 13.3. The van der Waals surface area contributed by atoms with E-state index in [9.17, 15) is 9.59 Å². The minimum Gasteiger partial charge on any atom is -0.497 e. The third-order valence-electron chi connectivity index (χ3n) is 5.27. The van der Waals surface area contributed by atoms with Gasteiger partial charge < -0.3 is 15.0 Å². The van der Waals surface area contributed by atoms with Gasteiger partial charge in [0.25, 0.3) is 0 Å². The van der Waals surface area contributed by atoms with Gasteiger partial charge in [0.15, 0.2) is 0 Å². The lowest BCUT2D eigenvalue weighted by molar-refractivity contribution is -0.140. The summed E-state index contributed by atoms with van der Waals surface area (Å²) in [5, 5.41) is 3.54. The predicted molar refractivity (Wildman–Crippen MR) is 111 cm³/mol. The van der Waals surface area contributed by atoms with E-state index >= 15 is 0 Å². The number of nitrogens with zero attached hydrogens (tertiary/aromatic N) is 1. The summed E-state index contributed by atoms with van der Waals surface area (Å²) in [6, 6.07) is 14.0. The first-order valence-corrected chi connectivity index (χ1v) is 9.73. The van der Waals surface area contributed by atoms with E-state index in [4.69, 9.17) is 16.3 Å². The van der Waals surface area contributed by atoms with Crippen molar-refractivity contribution in [3.05, 3.63) is 59.1 Å². The lowest BCUT2D eigenvalue weighted by atomic mass is 9.83. The molecule has 1 heterocycles. The van der Waals surface area contributed by atoms with Crippen molar-refractivity contribution < 1.29 is 14.3 Å². The monoisotopic (exact) mass is 400 g/mol. The van der Waals surface area contributed by atoms with Crippen molar-refractivity contribution in [3.63, 3.8) is 0 Å². The zero-order valence-electron chi connectivity index (χ0n) is 16.4. The van der Waals surface area contributed by atoms with Crippen LogP contribution in [0.1, 0.15) is 32.3 Å². The number of methoxy groups -OCH3 is 1.